The molecule has 1 N–H and O–H groups in total. The Hall–Kier alpha value is -2.88. The highest BCUT2D eigenvalue weighted by molar-refractivity contribution is 6.32. The maximum atomic E-state index is 14.0. The van der Waals surface area contributed by atoms with Gasteiger partial charge in [0.25, 0.3) is 0 Å². The van der Waals surface area contributed by atoms with Gasteiger partial charge in [-0.2, -0.15) is 13.2 Å². The number of allylic oxidation sites excluding steroid dienone is 2. The number of morpholine rings is 1. The third kappa shape index (κ3) is 7.06. The molecule has 0 atom stereocenters. The molecule has 0 aromatic heterocycles. The zero-order valence-electron chi connectivity index (χ0n) is 19.6. The molecule has 1 aliphatic rings. The number of benzene rings is 2. The fraction of sp³-hybridized carbons (Fsp3) is 0.360. The summed E-state index contributed by atoms with van der Waals surface area (Å²) < 4.78 is 58.7. The molecule has 10 heteroatoms. The van der Waals surface area contributed by atoms with Crippen LogP contribution in [0.15, 0.2) is 60.5 Å². The predicted molar refractivity (Wildman–Crippen MR) is 129 cm³/mol. The first-order valence-corrected chi connectivity index (χ1v) is 11.3. The van der Waals surface area contributed by atoms with Crippen LogP contribution in [-0.2, 0) is 4.74 Å². The highest BCUT2D eigenvalue weighted by Crippen LogP contribution is 2.40. The van der Waals surface area contributed by atoms with E-state index < -0.39 is 17.6 Å². The van der Waals surface area contributed by atoms with E-state index in [1.165, 1.54) is 38.4 Å². The van der Waals surface area contributed by atoms with Gasteiger partial charge >= 0.3 is 6.18 Å². The van der Waals surface area contributed by atoms with Crippen molar-refractivity contribution in [1.29, 1.82) is 0 Å². The summed E-state index contributed by atoms with van der Waals surface area (Å²) in [6.45, 7) is 7.88. The van der Waals surface area contributed by atoms with Crippen LogP contribution in [0, 0.1) is 0 Å². The second kappa shape index (κ2) is 11.7. The van der Waals surface area contributed by atoms with Crippen LogP contribution in [-0.4, -0.2) is 74.6 Å². The van der Waals surface area contributed by atoms with Crippen LogP contribution in [0.5, 0.6) is 17.2 Å². The number of rotatable bonds is 9. The van der Waals surface area contributed by atoms with E-state index in [4.69, 9.17) is 25.8 Å². The summed E-state index contributed by atoms with van der Waals surface area (Å²) in [5, 5.41) is 10.8. The van der Waals surface area contributed by atoms with E-state index in [1.807, 2.05) is 0 Å². The van der Waals surface area contributed by atoms with Crippen molar-refractivity contribution in [2.75, 3.05) is 53.6 Å². The summed E-state index contributed by atoms with van der Waals surface area (Å²) in [5.41, 5.74) is -1.17. The third-order valence-electron chi connectivity index (χ3n) is 5.33. The summed E-state index contributed by atoms with van der Waals surface area (Å²) in [7, 11) is 2.49. The number of para-hydroxylation sites is 1. The summed E-state index contributed by atoms with van der Waals surface area (Å²) in [4.78, 5) is 3.08. The fourth-order valence-corrected chi connectivity index (χ4v) is 3.75. The zero-order valence-corrected chi connectivity index (χ0v) is 20.3. The Bertz CT molecular complexity index is 1070. The standard InChI is InChI=1S/C25H28ClF3N2O4/c1-17(19-9-8-18(16-21(19)32)34-15-12-31-10-13-33-14-11-31)23(24(30(2)3)25(27,28)29)35-22-7-5-4-6-20(22)26/h4-9,16,32H,1,10-15H2,2-3H3/b24-23+. The predicted octanol–water partition coefficient (Wildman–Crippen LogP) is 5.18. The molecule has 6 nitrogen and oxygen atoms in total. The van der Waals surface area contributed by atoms with E-state index in [0.29, 0.717) is 32.1 Å². The van der Waals surface area contributed by atoms with Crippen LogP contribution in [0.1, 0.15) is 5.56 Å². The Morgan fingerprint density at radius 3 is 2.46 bits per heavy atom. The van der Waals surface area contributed by atoms with Gasteiger partial charge in [0.15, 0.2) is 11.5 Å². The van der Waals surface area contributed by atoms with Gasteiger partial charge in [0.1, 0.15) is 23.9 Å². The molecule has 1 fully saturated rings. The summed E-state index contributed by atoms with van der Waals surface area (Å²) in [6.07, 6.45) is -4.76. The average Bonchev–Trinajstić information content (AvgIpc) is 2.79. The van der Waals surface area contributed by atoms with E-state index in [2.05, 4.69) is 11.5 Å². The first-order chi connectivity index (χ1) is 16.6. The molecule has 1 heterocycles. The van der Waals surface area contributed by atoms with Crippen LogP contribution in [0.2, 0.25) is 5.02 Å². The minimum absolute atomic E-state index is 0.0245. The second-order valence-corrected chi connectivity index (χ2v) is 8.47. The summed E-state index contributed by atoms with van der Waals surface area (Å²) >= 11 is 6.13. The quantitative estimate of drug-likeness (QED) is 0.369. The fourth-order valence-electron chi connectivity index (χ4n) is 3.57. The molecule has 0 aliphatic carbocycles. The molecule has 1 saturated heterocycles. The molecule has 190 valence electrons. The van der Waals surface area contributed by atoms with Crippen molar-refractivity contribution in [2.45, 2.75) is 6.18 Å². The van der Waals surface area contributed by atoms with Gasteiger partial charge in [0.05, 0.1) is 18.2 Å². The Labute approximate surface area is 207 Å². The van der Waals surface area contributed by atoms with E-state index in [9.17, 15) is 18.3 Å². The lowest BCUT2D eigenvalue weighted by Crippen LogP contribution is -2.38. The summed E-state index contributed by atoms with van der Waals surface area (Å²) in [6, 6.07) is 10.5. The zero-order chi connectivity index (χ0) is 25.6. The van der Waals surface area contributed by atoms with Crippen molar-refractivity contribution < 1.29 is 32.5 Å². The van der Waals surface area contributed by atoms with Crippen molar-refractivity contribution in [1.82, 2.24) is 9.80 Å². The molecule has 1 aliphatic heterocycles. The molecule has 0 spiro atoms. The van der Waals surface area contributed by atoms with Crippen LogP contribution >= 0.6 is 11.6 Å². The first kappa shape index (κ1) is 26.7. The molecule has 0 saturated carbocycles. The van der Waals surface area contributed by atoms with Crippen LogP contribution in [0.3, 0.4) is 0 Å². The van der Waals surface area contributed by atoms with Crippen LogP contribution in [0.4, 0.5) is 13.2 Å². The molecular weight excluding hydrogens is 485 g/mol. The lowest BCUT2D eigenvalue weighted by molar-refractivity contribution is -0.110. The topological polar surface area (TPSA) is 54.4 Å². The highest BCUT2D eigenvalue weighted by atomic mass is 35.5. The number of halogens is 4. The van der Waals surface area contributed by atoms with Gasteiger partial charge in [0.2, 0.25) is 0 Å². The van der Waals surface area contributed by atoms with Gasteiger partial charge in [-0.05, 0) is 24.3 Å². The second-order valence-electron chi connectivity index (χ2n) is 8.06. The van der Waals surface area contributed by atoms with Crippen LogP contribution < -0.4 is 9.47 Å². The number of phenolic OH excluding ortho intramolecular Hbond substituents is 1. The van der Waals surface area contributed by atoms with E-state index in [0.717, 1.165) is 18.0 Å². The van der Waals surface area contributed by atoms with Crippen molar-refractivity contribution >= 4 is 17.2 Å². The minimum Gasteiger partial charge on any atom is -0.507 e. The number of ether oxygens (including phenoxy) is 3. The van der Waals surface area contributed by atoms with Crippen molar-refractivity contribution in [2.24, 2.45) is 0 Å². The van der Waals surface area contributed by atoms with Gasteiger partial charge in [-0.1, -0.05) is 30.3 Å². The van der Waals surface area contributed by atoms with Gasteiger partial charge < -0.3 is 24.2 Å². The first-order valence-electron chi connectivity index (χ1n) is 10.9. The molecule has 35 heavy (non-hydrogen) atoms. The molecular formula is C25H28ClF3N2O4. The van der Waals surface area contributed by atoms with Gasteiger partial charge in [0, 0.05) is 50.9 Å². The van der Waals surface area contributed by atoms with Crippen molar-refractivity contribution in [3.63, 3.8) is 0 Å². The van der Waals surface area contributed by atoms with Crippen molar-refractivity contribution in [3.05, 3.63) is 71.1 Å². The lowest BCUT2D eigenvalue weighted by Gasteiger charge is -2.26. The Morgan fingerprint density at radius 1 is 1.17 bits per heavy atom. The number of alkyl halides is 3. The van der Waals surface area contributed by atoms with E-state index in [-0.39, 0.29) is 27.7 Å². The SMILES string of the molecule is C=C(/C(Oc1ccccc1Cl)=C(\N(C)C)C(F)(F)F)c1ccc(OCCN2CCOCC2)cc1O. The highest BCUT2D eigenvalue weighted by Gasteiger charge is 2.40. The molecule has 0 unspecified atom stereocenters. The van der Waals surface area contributed by atoms with Gasteiger partial charge in [-0.15, -0.1) is 0 Å². The molecule has 0 amide bonds. The van der Waals surface area contributed by atoms with Gasteiger partial charge in [-0.3, -0.25) is 4.90 Å². The van der Waals surface area contributed by atoms with E-state index >= 15 is 0 Å². The molecule has 2 aromatic rings. The minimum atomic E-state index is -4.76. The number of hydrogen-bond donors (Lipinski definition) is 1. The normalized spacial score (nSPS) is 15.4. The lowest BCUT2D eigenvalue weighted by atomic mass is 10.0. The molecule has 0 radical (unpaired) electrons. The molecule has 0 bridgehead atoms. The number of nitrogens with zero attached hydrogens (tertiary/aromatic N) is 2. The third-order valence-corrected chi connectivity index (χ3v) is 5.64. The number of phenols is 1. The number of aromatic hydroxyl groups is 1. The Morgan fingerprint density at radius 2 is 1.86 bits per heavy atom. The van der Waals surface area contributed by atoms with Gasteiger partial charge in [-0.25, -0.2) is 0 Å². The van der Waals surface area contributed by atoms with E-state index in [1.54, 1.807) is 18.2 Å². The average molecular weight is 513 g/mol. The molecule has 3 rings (SSSR count). The Balaban J connectivity index is 1.87. The monoisotopic (exact) mass is 512 g/mol. The maximum Gasteiger partial charge on any atom is 0.434 e. The number of hydrogen-bond acceptors (Lipinski definition) is 6. The van der Waals surface area contributed by atoms with Crippen LogP contribution in [0.25, 0.3) is 5.57 Å². The summed E-state index contributed by atoms with van der Waals surface area (Å²) in [5.74, 6) is -0.462. The maximum absolute atomic E-state index is 14.0. The van der Waals surface area contributed by atoms with Crippen molar-refractivity contribution in [3.8, 4) is 17.2 Å². The molecule has 2 aromatic carbocycles. The smallest absolute Gasteiger partial charge is 0.434 e. The largest absolute Gasteiger partial charge is 0.507 e. The Kier molecular flexibility index (Phi) is 8.93.